The van der Waals surface area contributed by atoms with Gasteiger partial charge in [0.1, 0.15) is 5.69 Å². The number of aryl methyl sites for hydroxylation is 1. The summed E-state index contributed by atoms with van der Waals surface area (Å²) in [5, 5.41) is 2.83. The maximum absolute atomic E-state index is 11.9. The number of ether oxygens (including phenoxy) is 1. The fraction of sp³-hybridized carbons (Fsp3) is 0.615. The highest BCUT2D eigenvalue weighted by Crippen LogP contribution is 2.12. The van der Waals surface area contributed by atoms with Gasteiger partial charge in [0, 0.05) is 25.3 Å². The van der Waals surface area contributed by atoms with E-state index in [2.05, 4.69) is 15.3 Å². The van der Waals surface area contributed by atoms with Gasteiger partial charge in [-0.2, -0.15) is 0 Å². The van der Waals surface area contributed by atoms with Gasteiger partial charge in [0.15, 0.2) is 0 Å². The summed E-state index contributed by atoms with van der Waals surface area (Å²) in [6, 6.07) is 1.72. The van der Waals surface area contributed by atoms with E-state index in [1.807, 2.05) is 18.7 Å². The number of aromatic nitrogens is 2. The zero-order chi connectivity index (χ0) is 13.7. The SMILES string of the molecule is CCCNC(=O)c1cc(C)nc(N2CCOCC2)n1. The molecule has 0 radical (unpaired) electrons. The topological polar surface area (TPSA) is 67.4 Å². The Labute approximate surface area is 113 Å². The van der Waals surface area contributed by atoms with Gasteiger partial charge in [0.25, 0.3) is 5.91 Å². The number of nitrogens with one attached hydrogen (secondary N) is 1. The molecule has 0 aromatic carbocycles. The second-order valence-corrected chi connectivity index (χ2v) is 4.55. The van der Waals surface area contributed by atoms with Crippen LogP contribution in [0.25, 0.3) is 0 Å². The van der Waals surface area contributed by atoms with Gasteiger partial charge in [-0.1, -0.05) is 6.92 Å². The Hall–Kier alpha value is -1.69. The van der Waals surface area contributed by atoms with E-state index in [0.29, 0.717) is 31.4 Å². The van der Waals surface area contributed by atoms with Crippen molar-refractivity contribution >= 4 is 11.9 Å². The van der Waals surface area contributed by atoms with E-state index < -0.39 is 0 Å². The molecule has 6 nitrogen and oxygen atoms in total. The van der Waals surface area contributed by atoms with E-state index in [4.69, 9.17) is 4.74 Å². The van der Waals surface area contributed by atoms with Crippen LogP contribution in [0.4, 0.5) is 5.95 Å². The molecule has 0 spiro atoms. The first-order chi connectivity index (χ1) is 9.20. The average molecular weight is 264 g/mol. The van der Waals surface area contributed by atoms with Crippen molar-refractivity contribution in [1.29, 1.82) is 0 Å². The normalized spacial score (nSPS) is 15.4. The summed E-state index contributed by atoms with van der Waals surface area (Å²) >= 11 is 0. The van der Waals surface area contributed by atoms with Gasteiger partial charge in [0.05, 0.1) is 13.2 Å². The number of rotatable bonds is 4. The van der Waals surface area contributed by atoms with Gasteiger partial charge >= 0.3 is 0 Å². The second-order valence-electron chi connectivity index (χ2n) is 4.55. The summed E-state index contributed by atoms with van der Waals surface area (Å²) in [6.45, 7) is 7.43. The van der Waals surface area contributed by atoms with Crippen LogP contribution >= 0.6 is 0 Å². The number of hydrogen-bond donors (Lipinski definition) is 1. The van der Waals surface area contributed by atoms with E-state index in [-0.39, 0.29) is 5.91 Å². The molecule has 1 aliphatic rings. The third-order valence-corrected chi connectivity index (χ3v) is 2.90. The fourth-order valence-corrected chi connectivity index (χ4v) is 1.90. The number of carbonyl (C=O) groups is 1. The Morgan fingerprint density at radius 1 is 1.42 bits per heavy atom. The van der Waals surface area contributed by atoms with Crippen LogP contribution in [0.1, 0.15) is 29.5 Å². The summed E-state index contributed by atoms with van der Waals surface area (Å²) in [4.78, 5) is 22.8. The molecule has 1 aliphatic heterocycles. The monoisotopic (exact) mass is 264 g/mol. The van der Waals surface area contributed by atoms with Crippen LogP contribution < -0.4 is 10.2 Å². The molecule has 1 saturated heterocycles. The fourth-order valence-electron chi connectivity index (χ4n) is 1.90. The Bertz CT molecular complexity index is 444. The third kappa shape index (κ3) is 3.64. The Morgan fingerprint density at radius 3 is 2.84 bits per heavy atom. The van der Waals surface area contributed by atoms with Crippen LogP contribution in [-0.2, 0) is 4.74 Å². The number of morpholine rings is 1. The number of carbonyl (C=O) groups excluding carboxylic acids is 1. The maximum Gasteiger partial charge on any atom is 0.270 e. The molecule has 0 saturated carbocycles. The molecular weight excluding hydrogens is 244 g/mol. The van der Waals surface area contributed by atoms with Crippen molar-refractivity contribution in [3.05, 3.63) is 17.5 Å². The van der Waals surface area contributed by atoms with Gasteiger partial charge in [0.2, 0.25) is 5.95 Å². The van der Waals surface area contributed by atoms with Gasteiger partial charge in [-0.05, 0) is 19.4 Å². The highest BCUT2D eigenvalue weighted by atomic mass is 16.5. The molecule has 2 rings (SSSR count). The molecule has 1 aromatic rings. The zero-order valence-electron chi connectivity index (χ0n) is 11.5. The minimum atomic E-state index is -0.137. The first-order valence-electron chi connectivity index (χ1n) is 6.67. The number of anilines is 1. The Balaban J connectivity index is 2.16. The molecule has 19 heavy (non-hydrogen) atoms. The van der Waals surface area contributed by atoms with Crippen LogP contribution in [0.2, 0.25) is 0 Å². The largest absolute Gasteiger partial charge is 0.378 e. The van der Waals surface area contributed by atoms with Gasteiger partial charge in [-0.25, -0.2) is 9.97 Å². The molecule has 0 bridgehead atoms. The highest BCUT2D eigenvalue weighted by Gasteiger charge is 2.17. The van der Waals surface area contributed by atoms with E-state index in [1.54, 1.807) is 6.07 Å². The predicted octanol–water partition coefficient (Wildman–Crippen LogP) is 0.761. The molecule has 6 heteroatoms. The summed E-state index contributed by atoms with van der Waals surface area (Å²) < 4.78 is 5.31. The van der Waals surface area contributed by atoms with Crippen molar-refractivity contribution in [1.82, 2.24) is 15.3 Å². The van der Waals surface area contributed by atoms with E-state index in [0.717, 1.165) is 25.2 Å². The van der Waals surface area contributed by atoms with Crippen LogP contribution in [0.3, 0.4) is 0 Å². The average Bonchev–Trinajstić information content (AvgIpc) is 2.45. The van der Waals surface area contributed by atoms with Gasteiger partial charge in [-0.15, -0.1) is 0 Å². The molecule has 1 N–H and O–H groups in total. The van der Waals surface area contributed by atoms with Crippen molar-refractivity contribution < 1.29 is 9.53 Å². The minimum Gasteiger partial charge on any atom is -0.378 e. The molecule has 104 valence electrons. The summed E-state index contributed by atoms with van der Waals surface area (Å²) in [5.74, 6) is 0.479. The summed E-state index contributed by atoms with van der Waals surface area (Å²) in [5.41, 5.74) is 1.24. The van der Waals surface area contributed by atoms with Crippen LogP contribution in [0.5, 0.6) is 0 Å². The van der Waals surface area contributed by atoms with Crippen molar-refractivity contribution in [2.75, 3.05) is 37.7 Å². The van der Waals surface area contributed by atoms with Crippen LogP contribution in [-0.4, -0.2) is 48.7 Å². The molecule has 0 aliphatic carbocycles. The molecule has 1 amide bonds. The predicted molar refractivity (Wildman–Crippen MR) is 72.4 cm³/mol. The quantitative estimate of drug-likeness (QED) is 0.869. The lowest BCUT2D eigenvalue weighted by Gasteiger charge is -2.27. The Morgan fingerprint density at radius 2 is 2.16 bits per heavy atom. The molecule has 1 fully saturated rings. The molecule has 2 heterocycles. The maximum atomic E-state index is 11.9. The third-order valence-electron chi connectivity index (χ3n) is 2.90. The van der Waals surface area contributed by atoms with Gasteiger partial charge in [-0.3, -0.25) is 4.79 Å². The molecule has 1 aromatic heterocycles. The second kappa shape index (κ2) is 6.47. The zero-order valence-corrected chi connectivity index (χ0v) is 11.5. The molecular formula is C13H20N4O2. The standard InChI is InChI=1S/C13H20N4O2/c1-3-4-14-12(18)11-9-10(2)15-13(16-11)17-5-7-19-8-6-17/h9H,3-8H2,1-2H3,(H,14,18). The van der Waals surface area contributed by atoms with Gasteiger partial charge < -0.3 is 15.0 Å². The summed E-state index contributed by atoms with van der Waals surface area (Å²) in [7, 11) is 0. The van der Waals surface area contributed by atoms with E-state index in [9.17, 15) is 4.79 Å². The van der Waals surface area contributed by atoms with Crippen molar-refractivity contribution in [3.8, 4) is 0 Å². The lowest BCUT2D eigenvalue weighted by Crippen LogP contribution is -2.38. The molecule has 0 unspecified atom stereocenters. The van der Waals surface area contributed by atoms with E-state index >= 15 is 0 Å². The lowest BCUT2D eigenvalue weighted by molar-refractivity contribution is 0.0948. The highest BCUT2D eigenvalue weighted by molar-refractivity contribution is 5.92. The molecule has 0 atom stereocenters. The first kappa shape index (κ1) is 13.7. The van der Waals surface area contributed by atoms with E-state index in [1.165, 1.54) is 0 Å². The number of nitrogens with zero attached hydrogens (tertiary/aromatic N) is 3. The number of amides is 1. The Kier molecular flexibility index (Phi) is 4.68. The van der Waals surface area contributed by atoms with Crippen LogP contribution in [0, 0.1) is 6.92 Å². The summed E-state index contributed by atoms with van der Waals surface area (Å²) in [6.07, 6.45) is 0.909. The van der Waals surface area contributed by atoms with Crippen LogP contribution in [0.15, 0.2) is 6.07 Å². The van der Waals surface area contributed by atoms with Crippen molar-refractivity contribution in [3.63, 3.8) is 0 Å². The first-order valence-corrected chi connectivity index (χ1v) is 6.67. The number of hydrogen-bond acceptors (Lipinski definition) is 5. The van der Waals surface area contributed by atoms with Crippen molar-refractivity contribution in [2.24, 2.45) is 0 Å². The lowest BCUT2D eigenvalue weighted by atomic mass is 10.3. The van der Waals surface area contributed by atoms with Crippen molar-refractivity contribution in [2.45, 2.75) is 20.3 Å². The smallest absolute Gasteiger partial charge is 0.270 e. The minimum absolute atomic E-state index is 0.137.